The second-order valence-corrected chi connectivity index (χ2v) is 8.39. The molecular formula is C19H23ClN2O3S. The lowest BCUT2D eigenvalue weighted by molar-refractivity contribution is 0.103. The van der Waals surface area contributed by atoms with Crippen molar-refractivity contribution in [2.45, 2.75) is 24.3 Å². The molecular weight excluding hydrogens is 372 g/mol. The van der Waals surface area contributed by atoms with Crippen LogP contribution in [-0.4, -0.2) is 37.6 Å². The molecule has 0 bridgehead atoms. The first kappa shape index (κ1) is 20.6. The van der Waals surface area contributed by atoms with E-state index < -0.39 is 10.0 Å². The molecule has 7 heteroatoms. The average Bonchev–Trinajstić information content (AvgIpc) is 2.64. The smallest absolute Gasteiger partial charge is 0.243 e. The lowest BCUT2D eigenvalue weighted by Crippen LogP contribution is -2.48. The molecule has 2 N–H and O–H groups in total. The minimum Gasteiger partial charge on any atom is -0.327 e. The fourth-order valence-electron chi connectivity index (χ4n) is 3.11. The number of halogens is 1. The summed E-state index contributed by atoms with van der Waals surface area (Å²) >= 11 is 0. The molecule has 0 aliphatic carbocycles. The van der Waals surface area contributed by atoms with Crippen molar-refractivity contribution in [3.8, 4) is 0 Å². The minimum absolute atomic E-state index is 0. The molecule has 1 aliphatic rings. The van der Waals surface area contributed by atoms with Gasteiger partial charge in [-0.25, -0.2) is 8.42 Å². The highest BCUT2D eigenvalue weighted by Gasteiger charge is 2.34. The topological polar surface area (TPSA) is 80.5 Å². The lowest BCUT2D eigenvalue weighted by Gasteiger charge is -2.34. The first-order chi connectivity index (χ1) is 11.9. The van der Waals surface area contributed by atoms with E-state index in [1.165, 1.54) is 10.4 Å². The Morgan fingerprint density at radius 3 is 2.35 bits per heavy atom. The number of nitrogens with zero attached hydrogens (tertiary/aromatic N) is 1. The molecule has 2 unspecified atom stereocenters. The summed E-state index contributed by atoms with van der Waals surface area (Å²) in [5, 5.41) is 0. The van der Waals surface area contributed by atoms with Crippen LogP contribution in [0, 0.1) is 5.92 Å². The Morgan fingerprint density at radius 1 is 1.08 bits per heavy atom. The van der Waals surface area contributed by atoms with Gasteiger partial charge in [0.15, 0.2) is 5.78 Å². The van der Waals surface area contributed by atoms with E-state index in [0.29, 0.717) is 25.1 Å². The third-order valence-corrected chi connectivity index (χ3v) is 6.64. The van der Waals surface area contributed by atoms with Gasteiger partial charge < -0.3 is 5.73 Å². The number of hydrogen-bond acceptors (Lipinski definition) is 4. The average molecular weight is 395 g/mol. The number of piperidine rings is 1. The van der Waals surface area contributed by atoms with Crippen LogP contribution in [0.25, 0.3) is 0 Å². The van der Waals surface area contributed by atoms with Crippen LogP contribution >= 0.6 is 12.4 Å². The number of nitrogens with two attached hydrogens (primary N) is 1. The molecule has 1 saturated heterocycles. The van der Waals surface area contributed by atoms with Crippen LogP contribution in [0.3, 0.4) is 0 Å². The molecule has 26 heavy (non-hydrogen) atoms. The molecule has 0 radical (unpaired) electrons. The van der Waals surface area contributed by atoms with E-state index in [-0.39, 0.29) is 40.6 Å². The lowest BCUT2D eigenvalue weighted by atomic mass is 9.96. The first-order valence-corrected chi connectivity index (χ1v) is 9.80. The molecule has 2 atom stereocenters. The van der Waals surface area contributed by atoms with Crippen molar-refractivity contribution in [2.75, 3.05) is 13.1 Å². The van der Waals surface area contributed by atoms with Crippen LogP contribution in [0.15, 0.2) is 59.5 Å². The van der Waals surface area contributed by atoms with Gasteiger partial charge in [0.05, 0.1) is 4.90 Å². The Hall–Kier alpha value is -1.73. The van der Waals surface area contributed by atoms with E-state index in [1.807, 2.05) is 13.0 Å². The molecule has 140 valence electrons. The molecule has 1 fully saturated rings. The minimum atomic E-state index is -3.75. The zero-order chi connectivity index (χ0) is 18.0. The highest BCUT2D eigenvalue weighted by molar-refractivity contribution is 7.89. The van der Waals surface area contributed by atoms with Gasteiger partial charge >= 0.3 is 0 Å². The van der Waals surface area contributed by atoms with Crippen molar-refractivity contribution in [3.63, 3.8) is 0 Å². The zero-order valence-corrected chi connectivity index (χ0v) is 16.2. The van der Waals surface area contributed by atoms with Gasteiger partial charge in [-0.15, -0.1) is 12.4 Å². The van der Waals surface area contributed by atoms with Gasteiger partial charge in [0, 0.05) is 30.3 Å². The summed E-state index contributed by atoms with van der Waals surface area (Å²) < 4.78 is 27.7. The predicted octanol–water partition coefficient (Wildman–Crippen LogP) is 2.70. The predicted molar refractivity (Wildman–Crippen MR) is 104 cm³/mol. The number of sulfonamides is 1. The molecule has 0 spiro atoms. The van der Waals surface area contributed by atoms with E-state index in [1.54, 1.807) is 42.5 Å². The Bertz CT molecular complexity index is 871. The summed E-state index contributed by atoms with van der Waals surface area (Å²) in [6.45, 7) is 2.70. The first-order valence-electron chi connectivity index (χ1n) is 8.36. The van der Waals surface area contributed by atoms with E-state index in [4.69, 9.17) is 5.73 Å². The van der Waals surface area contributed by atoms with Gasteiger partial charge in [0.2, 0.25) is 10.0 Å². The van der Waals surface area contributed by atoms with Gasteiger partial charge in [-0.05, 0) is 24.5 Å². The molecule has 3 rings (SSSR count). The van der Waals surface area contributed by atoms with Crippen molar-refractivity contribution in [3.05, 3.63) is 65.7 Å². The fourth-order valence-corrected chi connectivity index (χ4v) is 4.85. The Morgan fingerprint density at radius 2 is 1.69 bits per heavy atom. The van der Waals surface area contributed by atoms with Crippen molar-refractivity contribution in [1.82, 2.24) is 4.31 Å². The van der Waals surface area contributed by atoms with Crippen molar-refractivity contribution < 1.29 is 13.2 Å². The van der Waals surface area contributed by atoms with Gasteiger partial charge in [0.1, 0.15) is 0 Å². The molecule has 0 aromatic heterocycles. The summed E-state index contributed by atoms with van der Waals surface area (Å²) in [7, 11) is -3.75. The fraction of sp³-hybridized carbons (Fsp3) is 0.316. The van der Waals surface area contributed by atoms with Crippen molar-refractivity contribution in [1.29, 1.82) is 0 Å². The molecule has 2 aromatic rings. The number of carbonyl (C=O) groups is 1. The van der Waals surface area contributed by atoms with Crippen molar-refractivity contribution in [2.24, 2.45) is 11.7 Å². The zero-order valence-electron chi connectivity index (χ0n) is 14.5. The van der Waals surface area contributed by atoms with Crippen LogP contribution in [-0.2, 0) is 10.0 Å². The molecule has 1 aliphatic heterocycles. The second-order valence-electron chi connectivity index (χ2n) is 6.48. The van der Waals surface area contributed by atoms with E-state index >= 15 is 0 Å². The van der Waals surface area contributed by atoms with E-state index in [2.05, 4.69) is 0 Å². The maximum absolute atomic E-state index is 13.1. The SMILES string of the molecule is CC1CN(S(=O)(=O)c2ccccc2C(=O)c2ccccc2)CCC1N.Cl. The molecule has 0 saturated carbocycles. The van der Waals surface area contributed by atoms with Gasteiger partial charge in [-0.1, -0.05) is 49.4 Å². The van der Waals surface area contributed by atoms with E-state index in [0.717, 1.165) is 0 Å². The van der Waals surface area contributed by atoms with Gasteiger partial charge in [-0.3, -0.25) is 4.79 Å². The maximum Gasteiger partial charge on any atom is 0.243 e. The maximum atomic E-state index is 13.1. The summed E-state index contributed by atoms with van der Waals surface area (Å²) in [5.41, 5.74) is 6.68. The highest BCUT2D eigenvalue weighted by Crippen LogP contribution is 2.26. The summed E-state index contributed by atoms with van der Waals surface area (Å²) in [4.78, 5) is 12.9. The number of hydrogen-bond donors (Lipinski definition) is 1. The Balaban J connectivity index is 0.00000243. The number of rotatable bonds is 4. The third-order valence-electron chi connectivity index (χ3n) is 4.72. The molecule has 2 aromatic carbocycles. The number of ketones is 1. The molecule has 1 heterocycles. The standard InChI is InChI=1S/C19H22N2O3S.ClH/c1-14-13-21(12-11-17(14)20)25(23,24)18-10-6-5-9-16(18)19(22)15-7-3-2-4-8-15;/h2-10,14,17H,11-13,20H2,1H3;1H. The molecule has 5 nitrogen and oxygen atoms in total. The third kappa shape index (κ3) is 3.99. The quantitative estimate of drug-likeness (QED) is 0.808. The van der Waals surface area contributed by atoms with Crippen LogP contribution in [0.4, 0.5) is 0 Å². The number of benzene rings is 2. The van der Waals surface area contributed by atoms with Crippen molar-refractivity contribution >= 4 is 28.2 Å². The van der Waals surface area contributed by atoms with Crippen LogP contribution in [0.5, 0.6) is 0 Å². The molecule has 0 amide bonds. The monoisotopic (exact) mass is 394 g/mol. The summed E-state index contributed by atoms with van der Waals surface area (Å²) in [5.74, 6) is -0.206. The summed E-state index contributed by atoms with van der Waals surface area (Å²) in [6, 6.07) is 15.1. The second kappa shape index (κ2) is 8.31. The van der Waals surface area contributed by atoms with Gasteiger partial charge in [0.25, 0.3) is 0 Å². The summed E-state index contributed by atoms with van der Waals surface area (Å²) in [6.07, 6.45) is 0.620. The number of carbonyl (C=O) groups excluding carboxylic acids is 1. The van der Waals surface area contributed by atoms with Gasteiger partial charge in [-0.2, -0.15) is 4.31 Å². The normalized spacial score (nSPS) is 21.0. The van der Waals surface area contributed by atoms with E-state index in [9.17, 15) is 13.2 Å². The Kier molecular flexibility index (Phi) is 6.58. The largest absolute Gasteiger partial charge is 0.327 e. The van der Waals surface area contributed by atoms with Crippen LogP contribution < -0.4 is 5.73 Å². The Labute approximate surface area is 160 Å². The highest BCUT2D eigenvalue weighted by atomic mass is 35.5. The van der Waals surface area contributed by atoms with Crippen LogP contribution in [0.1, 0.15) is 29.3 Å². The van der Waals surface area contributed by atoms with Crippen LogP contribution in [0.2, 0.25) is 0 Å².